The summed E-state index contributed by atoms with van der Waals surface area (Å²) in [5, 5.41) is 0. The molecule has 0 unspecified atom stereocenters. The molecular formula is C23H34BNO. The summed E-state index contributed by atoms with van der Waals surface area (Å²) in [7, 11) is 3.83. The molecule has 26 heavy (non-hydrogen) atoms. The quantitative estimate of drug-likeness (QED) is 0.608. The van der Waals surface area contributed by atoms with E-state index >= 15 is 0 Å². The van der Waals surface area contributed by atoms with Crippen LogP contribution < -0.4 is 10.3 Å². The molecule has 0 heterocycles. The van der Waals surface area contributed by atoms with Crippen molar-refractivity contribution in [2.75, 3.05) is 19.0 Å². The lowest BCUT2D eigenvalue weighted by Gasteiger charge is -2.31. The van der Waals surface area contributed by atoms with E-state index in [1.807, 2.05) is 7.11 Å². The summed E-state index contributed by atoms with van der Waals surface area (Å²) in [5.41, 5.74) is 6.70. The van der Waals surface area contributed by atoms with Crippen LogP contribution in [0, 0.1) is 0 Å². The van der Waals surface area contributed by atoms with Gasteiger partial charge in [-0.25, -0.2) is 0 Å². The summed E-state index contributed by atoms with van der Waals surface area (Å²) in [6, 6.07) is 15.3. The average molecular weight is 351 g/mol. The summed E-state index contributed by atoms with van der Waals surface area (Å²) in [5.74, 6) is 1.41. The van der Waals surface area contributed by atoms with Crippen LogP contribution in [0.5, 0.6) is 0 Å². The fraction of sp³-hybridized carbons (Fsp3) is 0.478. The molecule has 0 atom stereocenters. The molecule has 0 aromatic heterocycles. The van der Waals surface area contributed by atoms with Crippen molar-refractivity contribution in [3.63, 3.8) is 0 Å². The van der Waals surface area contributed by atoms with Gasteiger partial charge in [0, 0.05) is 12.8 Å². The molecule has 2 nitrogen and oxygen atoms in total. The van der Waals surface area contributed by atoms with Gasteiger partial charge in [-0.15, -0.1) is 0 Å². The Morgan fingerprint density at radius 3 is 1.69 bits per heavy atom. The SMILES string of the molecule is COB(c1c(C(C)C)cc(C(C)C)cc1C(C)C)N(C)c1ccccc1. The van der Waals surface area contributed by atoms with Gasteiger partial charge < -0.3 is 9.47 Å². The zero-order valence-electron chi connectivity index (χ0n) is 17.7. The average Bonchev–Trinajstić information content (AvgIpc) is 2.62. The Hall–Kier alpha value is -1.74. The van der Waals surface area contributed by atoms with Gasteiger partial charge in [0.2, 0.25) is 0 Å². The summed E-state index contributed by atoms with van der Waals surface area (Å²) in [4.78, 5) is 2.24. The lowest BCUT2D eigenvalue weighted by molar-refractivity contribution is 0.427. The Labute approximate surface area is 160 Å². The van der Waals surface area contributed by atoms with Crippen molar-refractivity contribution in [3.8, 4) is 0 Å². The highest BCUT2D eigenvalue weighted by Gasteiger charge is 2.32. The van der Waals surface area contributed by atoms with E-state index < -0.39 is 0 Å². The molecule has 2 aromatic rings. The molecule has 0 aliphatic rings. The minimum atomic E-state index is -0.103. The molecule has 0 amide bonds. The number of hydrogen-bond donors (Lipinski definition) is 0. The second kappa shape index (κ2) is 8.77. The number of rotatable bonds is 7. The number of hydrogen-bond acceptors (Lipinski definition) is 2. The first kappa shape index (κ1) is 20.6. The molecule has 2 rings (SSSR count). The Bertz CT molecular complexity index is 680. The molecule has 0 bridgehead atoms. The fourth-order valence-electron chi connectivity index (χ4n) is 3.56. The van der Waals surface area contributed by atoms with E-state index in [4.69, 9.17) is 4.65 Å². The van der Waals surface area contributed by atoms with Crippen LogP contribution in [0.25, 0.3) is 0 Å². The number of anilines is 1. The summed E-state index contributed by atoms with van der Waals surface area (Å²) in [6.45, 7) is 13.7. The maximum Gasteiger partial charge on any atom is 0.452 e. The van der Waals surface area contributed by atoms with Gasteiger partial charge in [-0.1, -0.05) is 71.9 Å². The Balaban J connectivity index is 2.67. The highest BCUT2D eigenvalue weighted by molar-refractivity contribution is 6.72. The molecule has 0 aliphatic heterocycles. The summed E-state index contributed by atoms with van der Waals surface area (Å²) in [6.07, 6.45) is 0. The largest absolute Gasteiger partial charge is 0.452 e. The van der Waals surface area contributed by atoms with Gasteiger partial charge in [0.05, 0.1) is 0 Å². The van der Waals surface area contributed by atoms with Gasteiger partial charge in [0.1, 0.15) is 0 Å². The van der Waals surface area contributed by atoms with Crippen LogP contribution in [-0.4, -0.2) is 21.2 Å². The predicted octanol–water partition coefficient (Wildman–Crippen LogP) is 5.53. The first-order chi connectivity index (χ1) is 12.3. The minimum absolute atomic E-state index is 0.103. The monoisotopic (exact) mass is 351 g/mol. The normalized spacial score (nSPS) is 11.5. The molecule has 0 saturated carbocycles. The predicted molar refractivity (Wildman–Crippen MR) is 116 cm³/mol. The van der Waals surface area contributed by atoms with Crippen LogP contribution in [0.15, 0.2) is 42.5 Å². The van der Waals surface area contributed by atoms with Crippen molar-refractivity contribution in [2.45, 2.75) is 59.3 Å². The maximum atomic E-state index is 6.06. The lowest BCUT2D eigenvalue weighted by Crippen LogP contribution is -2.51. The molecule has 0 fully saturated rings. The molecule has 140 valence electrons. The first-order valence-corrected chi connectivity index (χ1v) is 9.76. The molecular weight excluding hydrogens is 317 g/mol. The third kappa shape index (κ3) is 4.32. The minimum Gasteiger partial charge on any atom is -0.415 e. The topological polar surface area (TPSA) is 12.5 Å². The number of nitrogens with zero attached hydrogens (tertiary/aromatic N) is 1. The van der Waals surface area contributed by atoms with E-state index in [0.29, 0.717) is 17.8 Å². The second-order valence-corrected chi connectivity index (χ2v) is 8.11. The van der Waals surface area contributed by atoms with Crippen molar-refractivity contribution in [2.24, 2.45) is 0 Å². The molecule has 0 radical (unpaired) electrons. The van der Waals surface area contributed by atoms with E-state index in [1.165, 1.54) is 22.2 Å². The first-order valence-electron chi connectivity index (χ1n) is 9.76. The molecule has 3 heteroatoms. The lowest BCUT2D eigenvalue weighted by atomic mass is 9.63. The van der Waals surface area contributed by atoms with Gasteiger partial charge in [-0.3, -0.25) is 0 Å². The molecule has 0 saturated heterocycles. The van der Waals surface area contributed by atoms with Crippen molar-refractivity contribution in [1.29, 1.82) is 0 Å². The van der Waals surface area contributed by atoms with Crippen LogP contribution in [0.3, 0.4) is 0 Å². The zero-order chi connectivity index (χ0) is 19.4. The molecule has 0 aliphatic carbocycles. The number of para-hydroxylation sites is 1. The molecule has 0 N–H and O–H groups in total. The maximum absolute atomic E-state index is 6.06. The van der Waals surface area contributed by atoms with Gasteiger partial charge >= 0.3 is 7.05 Å². The van der Waals surface area contributed by atoms with Crippen molar-refractivity contribution < 1.29 is 4.65 Å². The van der Waals surface area contributed by atoms with Gasteiger partial charge in [-0.05, 0) is 59.1 Å². The summed E-state index contributed by atoms with van der Waals surface area (Å²) < 4.78 is 6.06. The Morgan fingerprint density at radius 2 is 1.31 bits per heavy atom. The van der Waals surface area contributed by atoms with Gasteiger partial charge in [-0.2, -0.15) is 0 Å². The van der Waals surface area contributed by atoms with Crippen LogP contribution in [0.1, 0.15) is 76.0 Å². The molecule has 2 aromatic carbocycles. The van der Waals surface area contributed by atoms with E-state index in [-0.39, 0.29) is 7.05 Å². The van der Waals surface area contributed by atoms with Crippen molar-refractivity contribution in [3.05, 3.63) is 59.2 Å². The van der Waals surface area contributed by atoms with Gasteiger partial charge in [0.25, 0.3) is 0 Å². The molecule has 0 spiro atoms. The third-order valence-corrected chi connectivity index (χ3v) is 5.16. The van der Waals surface area contributed by atoms with E-state index in [1.54, 1.807) is 0 Å². The van der Waals surface area contributed by atoms with E-state index in [2.05, 4.69) is 95.9 Å². The zero-order valence-corrected chi connectivity index (χ0v) is 17.7. The van der Waals surface area contributed by atoms with Crippen LogP contribution in [0.4, 0.5) is 5.69 Å². The van der Waals surface area contributed by atoms with Crippen LogP contribution in [-0.2, 0) is 4.65 Å². The van der Waals surface area contributed by atoms with E-state index in [0.717, 1.165) is 5.69 Å². The van der Waals surface area contributed by atoms with Crippen LogP contribution >= 0.6 is 0 Å². The standard InChI is InChI=1S/C23H34BNO/c1-16(2)19-14-21(17(3)4)23(22(15-19)18(5)6)24(26-8)25(7)20-12-10-9-11-13-20/h9-18H,1-8H3. The smallest absolute Gasteiger partial charge is 0.415 e. The van der Waals surface area contributed by atoms with Crippen molar-refractivity contribution in [1.82, 2.24) is 0 Å². The van der Waals surface area contributed by atoms with Gasteiger partial charge in [0.15, 0.2) is 0 Å². The Morgan fingerprint density at radius 1 is 0.808 bits per heavy atom. The Kier molecular flexibility index (Phi) is 6.94. The second-order valence-electron chi connectivity index (χ2n) is 8.11. The highest BCUT2D eigenvalue weighted by atomic mass is 16.4. The summed E-state index contributed by atoms with van der Waals surface area (Å²) >= 11 is 0. The fourth-order valence-corrected chi connectivity index (χ4v) is 3.56. The number of benzene rings is 2. The van der Waals surface area contributed by atoms with Crippen LogP contribution in [0.2, 0.25) is 0 Å². The third-order valence-electron chi connectivity index (χ3n) is 5.16. The van der Waals surface area contributed by atoms with E-state index in [9.17, 15) is 0 Å². The highest BCUT2D eigenvalue weighted by Crippen LogP contribution is 2.27. The van der Waals surface area contributed by atoms with Crippen molar-refractivity contribution >= 4 is 18.2 Å².